The van der Waals surface area contributed by atoms with Crippen molar-refractivity contribution in [1.29, 1.82) is 0 Å². The second kappa shape index (κ2) is 5.09. The summed E-state index contributed by atoms with van der Waals surface area (Å²) < 4.78 is -1.08. The molecule has 1 unspecified atom stereocenters. The summed E-state index contributed by atoms with van der Waals surface area (Å²) in [6, 6.07) is 15.6. The van der Waals surface area contributed by atoms with Crippen LogP contribution in [0.4, 0.5) is 0 Å². The van der Waals surface area contributed by atoms with Gasteiger partial charge in [0, 0.05) is 0 Å². The zero-order valence-electron chi connectivity index (χ0n) is 12.8. The first-order valence-electron chi connectivity index (χ1n) is 7.50. The average Bonchev–Trinajstić information content (AvgIpc) is 3.14. The van der Waals surface area contributed by atoms with Gasteiger partial charge >= 0.3 is 0 Å². The standard InChI is InChI=1S/C18H13BrN2O3/c1-11(22)18(19)15(12-7-3-2-4-8-12)21(18)20-16(23)13-9-5-6-10-14(13)17(20)24/h2-10,15H,1H3/t15-,18-,21?/m0/s1. The molecule has 0 bridgehead atoms. The maximum atomic E-state index is 12.7. The molecule has 1 fully saturated rings. The molecule has 0 radical (unpaired) electrons. The molecular weight excluding hydrogens is 372 g/mol. The summed E-state index contributed by atoms with van der Waals surface area (Å²) in [5, 5.41) is 2.60. The number of halogens is 1. The number of carbonyl (C=O) groups is 3. The first kappa shape index (κ1) is 15.2. The Labute approximate surface area is 147 Å². The fraction of sp³-hybridized carbons (Fsp3) is 0.167. The van der Waals surface area contributed by atoms with Crippen molar-refractivity contribution >= 4 is 33.5 Å². The van der Waals surface area contributed by atoms with E-state index in [0.29, 0.717) is 11.1 Å². The monoisotopic (exact) mass is 384 g/mol. The van der Waals surface area contributed by atoms with Crippen LogP contribution in [-0.2, 0) is 4.79 Å². The second-order valence-electron chi connectivity index (χ2n) is 5.86. The predicted molar refractivity (Wildman–Crippen MR) is 90.3 cm³/mol. The number of hydrogen-bond acceptors (Lipinski definition) is 4. The van der Waals surface area contributed by atoms with Gasteiger partial charge in [-0.25, -0.2) is 0 Å². The molecular formula is C18H13BrN2O3. The number of rotatable bonds is 3. The zero-order chi connectivity index (χ0) is 17.1. The van der Waals surface area contributed by atoms with Gasteiger partial charge in [-0.2, -0.15) is 10.0 Å². The molecule has 2 heterocycles. The highest BCUT2D eigenvalue weighted by Crippen LogP contribution is 2.60. The minimum Gasteiger partial charge on any atom is -0.297 e. The third-order valence-electron chi connectivity index (χ3n) is 4.47. The second-order valence-corrected chi connectivity index (χ2v) is 7.06. The Balaban J connectivity index is 1.78. The molecule has 2 aromatic rings. The molecule has 2 aliphatic heterocycles. The number of ketones is 1. The molecule has 2 aliphatic rings. The number of benzene rings is 2. The highest BCUT2D eigenvalue weighted by atomic mass is 79.9. The topological polar surface area (TPSA) is 57.5 Å². The van der Waals surface area contributed by atoms with Gasteiger partial charge in [-0.1, -0.05) is 58.4 Å². The van der Waals surface area contributed by atoms with Gasteiger partial charge in [0.2, 0.25) is 0 Å². The number of fused-ring (bicyclic) bond motifs is 1. The van der Waals surface area contributed by atoms with E-state index in [9.17, 15) is 14.4 Å². The average molecular weight is 385 g/mol. The molecule has 3 atom stereocenters. The summed E-state index contributed by atoms with van der Waals surface area (Å²) in [5.41, 5.74) is 1.58. The number of nitrogens with zero attached hydrogens (tertiary/aromatic N) is 2. The lowest BCUT2D eigenvalue weighted by atomic mass is 10.1. The first-order chi connectivity index (χ1) is 11.5. The highest BCUT2D eigenvalue weighted by molar-refractivity contribution is 9.10. The Kier molecular flexibility index (Phi) is 3.23. The largest absolute Gasteiger partial charge is 0.297 e. The zero-order valence-corrected chi connectivity index (χ0v) is 14.4. The molecule has 0 spiro atoms. The number of Topliss-reactive ketones (excluding diaryl/α,β-unsaturated/α-hetero) is 1. The van der Waals surface area contributed by atoms with Gasteiger partial charge in [0.05, 0.1) is 17.2 Å². The van der Waals surface area contributed by atoms with Crippen LogP contribution in [0.2, 0.25) is 0 Å². The number of imide groups is 1. The van der Waals surface area contributed by atoms with Crippen LogP contribution in [0, 0.1) is 0 Å². The molecule has 120 valence electrons. The lowest BCUT2D eigenvalue weighted by Crippen LogP contribution is -2.39. The van der Waals surface area contributed by atoms with E-state index in [2.05, 4.69) is 15.9 Å². The Bertz CT molecular complexity index is 848. The van der Waals surface area contributed by atoms with Crippen LogP contribution in [0.3, 0.4) is 0 Å². The number of hydrazine groups is 1. The van der Waals surface area contributed by atoms with E-state index in [1.165, 1.54) is 11.9 Å². The van der Waals surface area contributed by atoms with Crippen LogP contribution in [0.15, 0.2) is 54.6 Å². The molecule has 2 amide bonds. The molecule has 5 nitrogen and oxygen atoms in total. The van der Waals surface area contributed by atoms with E-state index in [-0.39, 0.29) is 5.78 Å². The van der Waals surface area contributed by atoms with Crippen LogP contribution >= 0.6 is 15.9 Å². The Hall–Kier alpha value is -2.31. The molecule has 24 heavy (non-hydrogen) atoms. The van der Waals surface area contributed by atoms with Gasteiger partial charge < -0.3 is 0 Å². The molecule has 2 aromatic carbocycles. The maximum Gasteiger partial charge on any atom is 0.276 e. The first-order valence-corrected chi connectivity index (χ1v) is 8.29. The summed E-state index contributed by atoms with van der Waals surface area (Å²) in [4.78, 5) is 37.6. The van der Waals surface area contributed by atoms with Crippen molar-refractivity contribution < 1.29 is 14.4 Å². The molecule has 1 saturated heterocycles. The van der Waals surface area contributed by atoms with Crippen molar-refractivity contribution in [1.82, 2.24) is 10.0 Å². The summed E-state index contributed by atoms with van der Waals surface area (Å²) >= 11 is 3.46. The van der Waals surface area contributed by atoms with Crippen molar-refractivity contribution in [2.75, 3.05) is 0 Å². The van der Waals surface area contributed by atoms with Crippen molar-refractivity contribution in [3.63, 3.8) is 0 Å². The van der Waals surface area contributed by atoms with Crippen LogP contribution in [-0.4, -0.2) is 32.1 Å². The van der Waals surface area contributed by atoms with Gasteiger partial charge in [0.1, 0.15) is 0 Å². The SMILES string of the molecule is CC(=O)[C@@]1(Br)[C@H](c2ccccc2)N1N1C(=O)c2ccccc2C1=O. The normalized spacial score (nSPS) is 28.0. The lowest BCUT2D eigenvalue weighted by molar-refractivity contribution is -0.118. The van der Waals surface area contributed by atoms with Gasteiger partial charge in [-0.3, -0.25) is 14.4 Å². The lowest BCUT2D eigenvalue weighted by Gasteiger charge is -2.17. The summed E-state index contributed by atoms with van der Waals surface area (Å²) in [5.74, 6) is -0.967. The van der Waals surface area contributed by atoms with Crippen molar-refractivity contribution in [2.24, 2.45) is 0 Å². The fourth-order valence-electron chi connectivity index (χ4n) is 3.24. The minimum absolute atomic E-state index is 0.159. The van der Waals surface area contributed by atoms with E-state index in [1.807, 2.05) is 30.3 Å². The third kappa shape index (κ3) is 1.87. The van der Waals surface area contributed by atoms with Crippen LogP contribution in [0.5, 0.6) is 0 Å². The molecule has 0 aromatic heterocycles. The molecule has 6 heteroatoms. The van der Waals surface area contributed by atoms with E-state index < -0.39 is 22.3 Å². The van der Waals surface area contributed by atoms with E-state index in [0.717, 1.165) is 10.6 Å². The van der Waals surface area contributed by atoms with Crippen molar-refractivity contribution in [2.45, 2.75) is 17.4 Å². The number of alkyl halides is 1. The third-order valence-corrected chi connectivity index (χ3v) is 5.83. The predicted octanol–water partition coefficient (Wildman–Crippen LogP) is 2.93. The molecule has 4 rings (SSSR count). The molecule has 0 aliphatic carbocycles. The van der Waals surface area contributed by atoms with Crippen LogP contribution in [0.25, 0.3) is 0 Å². The Morgan fingerprint density at radius 2 is 1.46 bits per heavy atom. The van der Waals surface area contributed by atoms with E-state index in [4.69, 9.17) is 0 Å². The van der Waals surface area contributed by atoms with Gasteiger partial charge in [-0.15, -0.1) is 0 Å². The van der Waals surface area contributed by atoms with E-state index in [1.54, 1.807) is 24.3 Å². The molecule has 0 saturated carbocycles. The summed E-state index contributed by atoms with van der Waals surface area (Å²) in [6.45, 7) is 1.45. The Morgan fingerprint density at radius 1 is 0.958 bits per heavy atom. The fourth-order valence-corrected chi connectivity index (χ4v) is 3.96. The highest BCUT2D eigenvalue weighted by Gasteiger charge is 2.71. The number of hydrogen-bond donors (Lipinski definition) is 0. The van der Waals surface area contributed by atoms with Crippen LogP contribution < -0.4 is 0 Å². The van der Waals surface area contributed by atoms with Crippen molar-refractivity contribution in [3.05, 3.63) is 71.3 Å². The van der Waals surface area contributed by atoms with Gasteiger partial charge in [0.25, 0.3) is 11.8 Å². The minimum atomic E-state index is -1.08. The smallest absolute Gasteiger partial charge is 0.276 e. The van der Waals surface area contributed by atoms with E-state index >= 15 is 0 Å². The summed E-state index contributed by atoms with van der Waals surface area (Å²) in [7, 11) is 0. The number of amides is 2. The van der Waals surface area contributed by atoms with Crippen molar-refractivity contribution in [3.8, 4) is 0 Å². The molecule has 0 N–H and O–H groups in total. The quantitative estimate of drug-likeness (QED) is 0.353. The van der Waals surface area contributed by atoms with Gasteiger partial charge in [-0.05, 0) is 24.6 Å². The van der Waals surface area contributed by atoms with Gasteiger partial charge in [0.15, 0.2) is 10.2 Å². The maximum absolute atomic E-state index is 12.7. The summed E-state index contributed by atoms with van der Waals surface area (Å²) in [6.07, 6.45) is 0. The Morgan fingerprint density at radius 3 is 1.96 bits per heavy atom. The number of carbonyl (C=O) groups excluding carboxylic acids is 3. The van der Waals surface area contributed by atoms with Crippen LogP contribution in [0.1, 0.15) is 39.2 Å².